The van der Waals surface area contributed by atoms with Gasteiger partial charge in [-0.25, -0.2) is 0 Å². The Hall–Kier alpha value is -0.860. The van der Waals surface area contributed by atoms with Gasteiger partial charge >= 0.3 is 11.9 Å². The average molecular weight is 180 g/mol. The van der Waals surface area contributed by atoms with Crippen molar-refractivity contribution >= 4 is 11.9 Å². The lowest BCUT2D eigenvalue weighted by Crippen LogP contribution is -2.36. The number of carbonyl (C=O) groups excluding carboxylic acids is 2. The van der Waals surface area contributed by atoms with Crippen LogP contribution in [-0.4, -0.2) is 11.9 Å². The molecule has 0 aromatic heterocycles. The summed E-state index contributed by atoms with van der Waals surface area (Å²) in [5.74, 6) is 0.184. The SMILES string of the molecule is CC12C(=O)OC(=O)C1[C@H]1CC[C@@H]2C1. The molecule has 3 rings (SSSR count). The van der Waals surface area contributed by atoms with Gasteiger partial charge in [0.05, 0.1) is 11.3 Å². The van der Waals surface area contributed by atoms with Crippen molar-refractivity contribution in [1.29, 1.82) is 0 Å². The van der Waals surface area contributed by atoms with Gasteiger partial charge in [0.15, 0.2) is 0 Å². The minimum Gasteiger partial charge on any atom is -0.392 e. The van der Waals surface area contributed by atoms with E-state index in [1.807, 2.05) is 6.92 Å². The van der Waals surface area contributed by atoms with E-state index >= 15 is 0 Å². The van der Waals surface area contributed by atoms with Crippen LogP contribution in [0.4, 0.5) is 0 Å². The Labute approximate surface area is 76.4 Å². The molecule has 2 bridgehead atoms. The summed E-state index contributed by atoms with van der Waals surface area (Å²) >= 11 is 0. The van der Waals surface area contributed by atoms with Gasteiger partial charge in [0.25, 0.3) is 0 Å². The lowest BCUT2D eigenvalue weighted by Gasteiger charge is -2.29. The molecule has 1 aliphatic heterocycles. The fraction of sp³-hybridized carbons (Fsp3) is 0.800. The topological polar surface area (TPSA) is 43.4 Å². The second-order valence-corrected chi connectivity index (χ2v) is 4.74. The maximum absolute atomic E-state index is 11.5. The molecule has 0 aromatic rings. The zero-order valence-corrected chi connectivity index (χ0v) is 7.58. The van der Waals surface area contributed by atoms with Crippen LogP contribution in [0.3, 0.4) is 0 Å². The van der Waals surface area contributed by atoms with Gasteiger partial charge in [-0.15, -0.1) is 0 Å². The Morgan fingerprint density at radius 2 is 2.15 bits per heavy atom. The maximum Gasteiger partial charge on any atom is 0.320 e. The van der Waals surface area contributed by atoms with Gasteiger partial charge in [0, 0.05) is 0 Å². The van der Waals surface area contributed by atoms with Crippen LogP contribution in [0.5, 0.6) is 0 Å². The van der Waals surface area contributed by atoms with Crippen molar-refractivity contribution < 1.29 is 14.3 Å². The highest BCUT2D eigenvalue weighted by Gasteiger charge is 2.67. The van der Waals surface area contributed by atoms with Crippen molar-refractivity contribution in [3.8, 4) is 0 Å². The van der Waals surface area contributed by atoms with Crippen LogP contribution in [0.25, 0.3) is 0 Å². The largest absolute Gasteiger partial charge is 0.392 e. The number of esters is 2. The first kappa shape index (κ1) is 7.54. The van der Waals surface area contributed by atoms with E-state index in [0.717, 1.165) is 19.3 Å². The molecule has 3 aliphatic rings. The highest BCUT2D eigenvalue weighted by molar-refractivity contribution is 6.00. The third kappa shape index (κ3) is 0.640. The first-order chi connectivity index (χ1) is 6.14. The third-order valence-electron chi connectivity index (χ3n) is 4.33. The molecule has 0 radical (unpaired) electrons. The fourth-order valence-electron chi connectivity index (χ4n) is 3.60. The summed E-state index contributed by atoms with van der Waals surface area (Å²) in [6, 6.07) is 0. The van der Waals surface area contributed by atoms with Crippen molar-refractivity contribution in [3.05, 3.63) is 0 Å². The summed E-state index contributed by atoms with van der Waals surface area (Å²) < 4.78 is 4.73. The third-order valence-corrected chi connectivity index (χ3v) is 4.33. The van der Waals surface area contributed by atoms with Crippen LogP contribution in [0, 0.1) is 23.2 Å². The number of hydrogen-bond acceptors (Lipinski definition) is 3. The van der Waals surface area contributed by atoms with E-state index in [4.69, 9.17) is 4.74 Å². The summed E-state index contributed by atoms with van der Waals surface area (Å²) in [6.45, 7) is 1.91. The van der Waals surface area contributed by atoms with Gasteiger partial charge in [0.2, 0.25) is 0 Å². The molecule has 4 atom stereocenters. The molecule has 1 heterocycles. The standard InChI is InChI=1S/C10H12O3/c1-10-6-3-2-5(4-6)7(10)8(11)13-9(10)12/h5-7H,2-4H2,1H3/t5-,6+,7?,10?/m0/s1. The number of cyclic esters (lactones) is 2. The van der Waals surface area contributed by atoms with Crippen molar-refractivity contribution in [2.75, 3.05) is 0 Å². The number of rotatable bonds is 0. The monoisotopic (exact) mass is 180 g/mol. The molecule has 3 fully saturated rings. The van der Waals surface area contributed by atoms with Gasteiger partial charge in [-0.3, -0.25) is 9.59 Å². The van der Waals surface area contributed by atoms with E-state index in [9.17, 15) is 9.59 Å². The smallest absolute Gasteiger partial charge is 0.320 e. The molecule has 0 spiro atoms. The molecule has 0 N–H and O–H groups in total. The van der Waals surface area contributed by atoms with Crippen molar-refractivity contribution in [1.82, 2.24) is 0 Å². The average Bonchev–Trinajstić information content (AvgIpc) is 2.66. The van der Waals surface area contributed by atoms with Gasteiger partial charge in [0.1, 0.15) is 0 Å². The minimum absolute atomic E-state index is 0.112. The molecule has 0 amide bonds. The predicted molar refractivity (Wildman–Crippen MR) is 43.5 cm³/mol. The lowest BCUT2D eigenvalue weighted by atomic mass is 9.69. The van der Waals surface area contributed by atoms with Crippen LogP contribution < -0.4 is 0 Å². The summed E-state index contributed by atoms with van der Waals surface area (Å²) in [5, 5.41) is 0. The van der Waals surface area contributed by atoms with Crippen molar-refractivity contribution in [2.24, 2.45) is 23.2 Å². The predicted octanol–water partition coefficient (Wildman–Crippen LogP) is 1.12. The summed E-state index contributed by atoms with van der Waals surface area (Å²) in [7, 11) is 0. The van der Waals surface area contributed by atoms with E-state index in [-0.39, 0.29) is 17.9 Å². The molecule has 2 aliphatic carbocycles. The normalized spacial score (nSPS) is 52.5. The van der Waals surface area contributed by atoms with Crippen LogP contribution in [-0.2, 0) is 14.3 Å². The molecule has 0 aromatic carbocycles. The van der Waals surface area contributed by atoms with Crippen LogP contribution in [0.15, 0.2) is 0 Å². The number of fused-ring (bicyclic) bond motifs is 5. The number of ether oxygens (including phenoxy) is 1. The molecule has 2 saturated carbocycles. The molecule has 70 valence electrons. The van der Waals surface area contributed by atoms with Crippen molar-refractivity contribution in [2.45, 2.75) is 26.2 Å². The Kier molecular flexibility index (Phi) is 1.14. The molecular weight excluding hydrogens is 168 g/mol. The van der Waals surface area contributed by atoms with E-state index < -0.39 is 5.41 Å². The minimum atomic E-state index is -0.458. The summed E-state index contributed by atoms with van der Waals surface area (Å²) in [5.41, 5.74) is -0.458. The Morgan fingerprint density at radius 3 is 2.85 bits per heavy atom. The molecule has 3 heteroatoms. The molecule has 3 nitrogen and oxygen atoms in total. The second kappa shape index (κ2) is 1.97. The van der Waals surface area contributed by atoms with E-state index in [1.165, 1.54) is 0 Å². The van der Waals surface area contributed by atoms with E-state index in [2.05, 4.69) is 0 Å². The first-order valence-corrected chi connectivity index (χ1v) is 4.90. The van der Waals surface area contributed by atoms with Gasteiger partial charge < -0.3 is 4.74 Å². The van der Waals surface area contributed by atoms with E-state index in [0.29, 0.717) is 11.8 Å². The highest BCUT2D eigenvalue weighted by atomic mass is 16.6. The molecule has 2 unspecified atom stereocenters. The van der Waals surface area contributed by atoms with Crippen LogP contribution in [0.1, 0.15) is 26.2 Å². The van der Waals surface area contributed by atoms with Crippen molar-refractivity contribution in [3.63, 3.8) is 0 Å². The Balaban J connectivity index is 2.12. The molecule has 1 saturated heterocycles. The second-order valence-electron chi connectivity index (χ2n) is 4.74. The number of carbonyl (C=O) groups is 2. The van der Waals surface area contributed by atoms with Crippen LogP contribution in [0.2, 0.25) is 0 Å². The molecular formula is C10H12O3. The zero-order chi connectivity index (χ0) is 9.22. The maximum atomic E-state index is 11.5. The fourth-order valence-corrected chi connectivity index (χ4v) is 3.60. The quantitative estimate of drug-likeness (QED) is 0.414. The first-order valence-electron chi connectivity index (χ1n) is 4.90. The molecule has 13 heavy (non-hydrogen) atoms. The number of hydrogen-bond donors (Lipinski definition) is 0. The summed E-state index contributed by atoms with van der Waals surface area (Å²) in [6.07, 6.45) is 3.26. The Morgan fingerprint density at radius 1 is 1.38 bits per heavy atom. The van der Waals surface area contributed by atoms with Gasteiger partial charge in [-0.05, 0) is 38.0 Å². The van der Waals surface area contributed by atoms with Crippen LogP contribution >= 0.6 is 0 Å². The summed E-state index contributed by atoms with van der Waals surface area (Å²) in [4.78, 5) is 23.0. The van der Waals surface area contributed by atoms with Gasteiger partial charge in [-0.1, -0.05) is 0 Å². The van der Waals surface area contributed by atoms with Gasteiger partial charge in [-0.2, -0.15) is 0 Å². The van der Waals surface area contributed by atoms with E-state index in [1.54, 1.807) is 0 Å². The Bertz CT molecular complexity index is 309. The lowest BCUT2D eigenvalue weighted by molar-refractivity contribution is -0.156. The zero-order valence-electron chi connectivity index (χ0n) is 7.58. The highest BCUT2D eigenvalue weighted by Crippen LogP contribution is 2.62.